The molecule has 1 unspecified atom stereocenters. The Morgan fingerprint density at radius 2 is 1.65 bits per heavy atom. The average molecular weight is 326 g/mol. The highest BCUT2D eigenvalue weighted by Crippen LogP contribution is 2.29. The third-order valence-electron chi connectivity index (χ3n) is 4.73. The van der Waals surface area contributed by atoms with E-state index < -0.39 is 11.4 Å². The van der Waals surface area contributed by atoms with E-state index in [-0.39, 0.29) is 5.91 Å². The van der Waals surface area contributed by atoms with E-state index in [0.29, 0.717) is 37.9 Å². The summed E-state index contributed by atoms with van der Waals surface area (Å²) in [4.78, 5) is 27.9. The van der Waals surface area contributed by atoms with Gasteiger partial charge in [0.1, 0.15) is 0 Å². The number of likely N-dealkylation sites (tertiary alicyclic amines) is 1. The Morgan fingerprint density at radius 1 is 1.13 bits per heavy atom. The molecule has 1 saturated heterocycles. The van der Waals surface area contributed by atoms with Crippen LogP contribution in [0.2, 0.25) is 0 Å². The number of nitrogens with zero attached hydrogens (tertiary/aromatic N) is 2. The predicted molar refractivity (Wildman–Crippen MR) is 92.3 cm³/mol. The van der Waals surface area contributed by atoms with E-state index in [0.717, 1.165) is 25.9 Å². The van der Waals surface area contributed by atoms with Gasteiger partial charge in [-0.25, -0.2) is 0 Å². The van der Waals surface area contributed by atoms with Crippen molar-refractivity contribution >= 4 is 11.9 Å². The summed E-state index contributed by atoms with van der Waals surface area (Å²) in [7, 11) is 0. The smallest absolute Gasteiger partial charge is 0.310 e. The lowest BCUT2D eigenvalue weighted by atomic mass is 9.90. The molecular weight excluding hydrogens is 292 g/mol. The zero-order valence-corrected chi connectivity index (χ0v) is 15.5. The maximum atomic E-state index is 12.6. The molecule has 1 fully saturated rings. The molecular formula is C18H34N2O3. The Kier molecular flexibility index (Phi) is 7.52. The summed E-state index contributed by atoms with van der Waals surface area (Å²) in [5.41, 5.74) is -0.707. The molecule has 23 heavy (non-hydrogen) atoms. The van der Waals surface area contributed by atoms with Crippen LogP contribution >= 0.6 is 0 Å². The highest BCUT2D eigenvalue weighted by atomic mass is 16.4. The van der Waals surface area contributed by atoms with Gasteiger partial charge >= 0.3 is 5.97 Å². The summed E-state index contributed by atoms with van der Waals surface area (Å²) in [5, 5.41) is 9.30. The molecule has 1 amide bonds. The van der Waals surface area contributed by atoms with Gasteiger partial charge in [-0.3, -0.25) is 14.5 Å². The number of hydrogen-bond donors (Lipinski definition) is 1. The average Bonchev–Trinajstić information content (AvgIpc) is 2.80. The van der Waals surface area contributed by atoms with Gasteiger partial charge in [0.15, 0.2) is 0 Å². The van der Waals surface area contributed by atoms with Gasteiger partial charge in [0.25, 0.3) is 0 Å². The first kappa shape index (κ1) is 19.9. The summed E-state index contributed by atoms with van der Waals surface area (Å²) in [6.45, 7) is 13.6. The fraction of sp³-hybridized carbons (Fsp3) is 0.889. The van der Waals surface area contributed by atoms with Crippen molar-refractivity contribution in [2.24, 2.45) is 17.3 Å². The monoisotopic (exact) mass is 326 g/mol. The molecule has 0 saturated carbocycles. The van der Waals surface area contributed by atoms with Crippen LogP contribution in [-0.4, -0.2) is 59.5 Å². The van der Waals surface area contributed by atoms with Gasteiger partial charge in [-0.2, -0.15) is 0 Å². The second kappa shape index (κ2) is 8.67. The van der Waals surface area contributed by atoms with Crippen LogP contribution in [0, 0.1) is 17.3 Å². The van der Waals surface area contributed by atoms with Crippen molar-refractivity contribution in [1.82, 2.24) is 9.80 Å². The molecule has 1 N–H and O–H groups in total. The molecule has 5 heteroatoms. The molecule has 0 aliphatic carbocycles. The normalized spacial score (nSPS) is 22.0. The molecule has 1 rings (SSSR count). The van der Waals surface area contributed by atoms with Crippen LogP contribution in [0.5, 0.6) is 0 Å². The van der Waals surface area contributed by atoms with Crippen LogP contribution in [0.3, 0.4) is 0 Å². The number of hydrogen-bond acceptors (Lipinski definition) is 3. The number of carbonyl (C=O) groups excluding carboxylic acids is 1. The number of aliphatic carboxylic acids is 1. The molecule has 0 aromatic heterocycles. The Bertz CT molecular complexity index is 397. The van der Waals surface area contributed by atoms with Crippen molar-refractivity contribution in [3.05, 3.63) is 0 Å². The van der Waals surface area contributed by atoms with Crippen molar-refractivity contribution < 1.29 is 14.7 Å². The molecule has 1 aliphatic rings. The van der Waals surface area contributed by atoms with Gasteiger partial charge in [0, 0.05) is 19.6 Å². The van der Waals surface area contributed by atoms with E-state index in [1.165, 1.54) is 0 Å². The van der Waals surface area contributed by atoms with Gasteiger partial charge in [-0.1, -0.05) is 27.7 Å². The standard InChI is InChI=1S/C18H34N2O3/c1-14(2)6-9-20(10-7-15(3)4)16(21)12-19-11-8-18(5,13-19)17(22)23/h14-15H,6-13H2,1-5H3,(H,22,23). The summed E-state index contributed by atoms with van der Waals surface area (Å²) in [5.74, 6) is 0.530. The maximum absolute atomic E-state index is 12.6. The summed E-state index contributed by atoms with van der Waals surface area (Å²) < 4.78 is 0. The number of rotatable bonds is 9. The fourth-order valence-corrected chi connectivity index (χ4v) is 2.85. The van der Waals surface area contributed by atoms with Crippen LogP contribution < -0.4 is 0 Å². The number of carbonyl (C=O) groups is 2. The fourth-order valence-electron chi connectivity index (χ4n) is 2.85. The van der Waals surface area contributed by atoms with Gasteiger partial charge in [0.05, 0.1) is 12.0 Å². The second-order valence-corrected chi connectivity index (χ2v) is 8.07. The van der Waals surface area contributed by atoms with Gasteiger partial charge in [-0.15, -0.1) is 0 Å². The molecule has 0 aromatic carbocycles. The largest absolute Gasteiger partial charge is 0.481 e. The summed E-state index contributed by atoms with van der Waals surface area (Å²) in [6, 6.07) is 0. The second-order valence-electron chi connectivity index (χ2n) is 8.07. The van der Waals surface area contributed by atoms with Crippen LogP contribution in [0.15, 0.2) is 0 Å². The lowest BCUT2D eigenvalue weighted by molar-refractivity contribution is -0.147. The third-order valence-corrected chi connectivity index (χ3v) is 4.73. The highest BCUT2D eigenvalue weighted by Gasteiger charge is 2.41. The first-order valence-electron chi connectivity index (χ1n) is 8.87. The number of carboxylic acid groups (broad SMARTS) is 1. The topological polar surface area (TPSA) is 60.9 Å². The molecule has 134 valence electrons. The minimum Gasteiger partial charge on any atom is -0.481 e. The van der Waals surface area contributed by atoms with Crippen LogP contribution in [0.25, 0.3) is 0 Å². The molecule has 1 heterocycles. The Labute approximate surface area is 141 Å². The molecule has 0 aromatic rings. The molecule has 0 bridgehead atoms. The Morgan fingerprint density at radius 3 is 2.04 bits per heavy atom. The molecule has 1 atom stereocenters. The minimum absolute atomic E-state index is 0.140. The number of carboxylic acids is 1. The van der Waals surface area contributed by atoms with E-state index in [4.69, 9.17) is 0 Å². The van der Waals surface area contributed by atoms with E-state index in [9.17, 15) is 14.7 Å². The molecule has 0 spiro atoms. The van der Waals surface area contributed by atoms with Gasteiger partial charge in [-0.05, 0) is 44.6 Å². The lowest BCUT2D eigenvalue weighted by Crippen LogP contribution is -2.42. The van der Waals surface area contributed by atoms with Crippen molar-refractivity contribution in [3.63, 3.8) is 0 Å². The highest BCUT2D eigenvalue weighted by molar-refractivity contribution is 5.79. The van der Waals surface area contributed by atoms with Gasteiger partial charge in [0.2, 0.25) is 5.91 Å². The number of amides is 1. The predicted octanol–water partition coefficient (Wildman–Crippen LogP) is 2.70. The molecule has 0 radical (unpaired) electrons. The van der Waals surface area contributed by atoms with E-state index in [1.807, 2.05) is 9.80 Å². The Hall–Kier alpha value is -1.10. The minimum atomic E-state index is -0.760. The van der Waals surface area contributed by atoms with Crippen molar-refractivity contribution in [1.29, 1.82) is 0 Å². The lowest BCUT2D eigenvalue weighted by Gasteiger charge is -2.27. The summed E-state index contributed by atoms with van der Waals surface area (Å²) in [6.07, 6.45) is 2.64. The zero-order chi connectivity index (χ0) is 17.6. The van der Waals surface area contributed by atoms with E-state index >= 15 is 0 Å². The molecule has 5 nitrogen and oxygen atoms in total. The molecule has 1 aliphatic heterocycles. The zero-order valence-electron chi connectivity index (χ0n) is 15.5. The van der Waals surface area contributed by atoms with Gasteiger partial charge < -0.3 is 10.0 Å². The van der Waals surface area contributed by atoms with Crippen molar-refractivity contribution in [2.75, 3.05) is 32.7 Å². The third kappa shape index (κ3) is 6.50. The first-order chi connectivity index (χ1) is 10.6. The van der Waals surface area contributed by atoms with Crippen molar-refractivity contribution in [3.8, 4) is 0 Å². The van der Waals surface area contributed by atoms with Crippen LogP contribution in [0.1, 0.15) is 53.9 Å². The van der Waals surface area contributed by atoms with Crippen LogP contribution in [-0.2, 0) is 9.59 Å². The van der Waals surface area contributed by atoms with E-state index in [2.05, 4.69) is 27.7 Å². The summed E-state index contributed by atoms with van der Waals surface area (Å²) >= 11 is 0. The van der Waals surface area contributed by atoms with E-state index in [1.54, 1.807) is 6.92 Å². The first-order valence-corrected chi connectivity index (χ1v) is 8.87. The van der Waals surface area contributed by atoms with Crippen molar-refractivity contribution in [2.45, 2.75) is 53.9 Å². The maximum Gasteiger partial charge on any atom is 0.310 e. The SMILES string of the molecule is CC(C)CCN(CCC(C)C)C(=O)CN1CCC(C)(C(=O)O)C1. The Balaban J connectivity index is 2.57. The van der Waals surface area contributed by atoms with Crippen LogP contribution in [0.4, 0.5) is 0 Å². The quantitative estimate of drug-likeness (QED) is 0.708.